The van der Waals surface area contributed by atoms with Crippen LogP contribution >= 0.6 is 11.3 Å². The van der Waals surface area contributed by atoms with Gasteiger partial charge in [-0.1, -0.05) is 133 Å². The minimum atomic E-state index is 1.14. The standard InChI is InChI=1S/C48H31NS/c1-2-10-32(11-3-1)36-23-20-33-21-24-37(29-39(33)28-36)38-25-22-34-26-27-41(31-40(34)30-38)49(44-16-8-13-35-12-4-5-14-42(35)44)45-17-9-19-47-48(45)43-15-6-7-18-46(43)50-47/h1-31H. The van der Waals surface area contributed by atoms with E-state index >= 15 is 0 Å². The third-order valence-electron chi connectivity index (χ3n) is 9.99. The Morgan fingerprint density at radius 2 is 0.880 bits per heavy atom. The highest BCUT2D eigenvalue weighted by atomic mass is 32.1. The Labute approximate surface area is 294 Å². The van der Waals surface area contributed by atoms with Gasteiger partial charge in [0.15, 0.2) is 0 Å². The van der Waals surface area contributed by atoms with Crippen molar-refractivity contribution in [1.29, 1.82) is 0 Å². The Balaban J connectivity index is 1.15. The van der Waals surface area contributed by atoms with Crippen LogP contribution in [0.3, 0.4) is 0 Å². The van der Waals surface area contributed by atoms with Crippen LogP contribution in [0.15, 0.2) is 188 Å². The normalized spacial score (nSPS) is 11.6. The maximum Gasteiger partial charge on any atom is 0.0555 e. The summed E-state index contributed by atoms with van der Waals surface area (Å²) in [6.45, 7) is 0. The van der Waals surface area contributed by atoms with E-state index in [2.05, 4.69) is 193 Å². The Hall–Kier alpha value is -6.22. The fraction of sp³-hybridized carbons (Fsp3) is 0. The molecule has 0 N–H and O–H groups in total. The highest BCUT2D eigenvalue weighted by Crippen LogP contribution is 2.47. The number of anilines is 3. The zero-order chi connectivity index (χ0) is 33.0. The first kappa shape index (κ1) is 28.8. The van der Waals surface area contributed by atoms with Crippen molar-refractivity contribution in [2.75, 3.05) is 4.90 Å². The van der Waals surface area contributed by atoms with Crippen LogP contribution in [-0.2, 0) is 0 Å². The molecule has 0 fully saturated rings. The van der Waals surface area contributed by atoms with Crippen LogP contribution in [0.2, 0.25) is 0 Å². The summed E-state index contributed by atoms with van der Waals surface area (Å²) >= 11 is 1.86. The summed E-state index contributed by atoms with van der Waals surface area (Å²) in [6, 6.07) is 68.9. The highest BCUT2D eigenvalue weighted by Gasteiger charge is 2.20. The third kappa shape index (κ3) is 4.84. The maximum absolute atomic E-state index is 2.47. The van der Waals surface area contributed by atoms with Gasteiger partial charge in [-0.25, -0.2) is 0 Å². The number of thiophene rings is 1. The van der Waals surface area contributed by atoms with E-state index in [1.165, 1.54) is 86.1 Å². The molecule has 234 valence electrons. The zero-order valence-electron chi connectivity index (χ0n) is 27.3. The summed E-state index contributed by atoms with van der Waals surface area (Å²) in [5.41, 5.74) is 8.40. The van der Waals surface area contributed by atoms with Crippen LogP contribution in [0.5, 0.6) is 0 Å². The molecule has 0 saturated carbocycles. The summed E-state index contributed by atoms with van der Waals surface area (Å²) in [6.07, 6.45) is 0. The molecule has 0 unspecified atom stereocenters. The van der Waals surface area contributed by atoms with Gasteiger partial charge in [0.1, 0.15) is 0 Å². The van der Waals surface area contributed by atoms with Gasteiger partial charge in [-0.2, -0.15) is 0 Å². The van der Waals surface area contributed by atoms with Gasteiger partial charge in [0.05, 0.1) is 11.4 Å². The van der Waals surface area contributed by atoms with E-state index in [1.54, 1.807) is 0 Å². The summed E-state index contributed by atoms with van der Waals surface area (Å²) < 4.78 is 2.60. The van der Waals surface area contributed by atoms with Gasteiger partial charge < -0.3 is 4.90 Å². The van der Waals surface area contributed by atoms with Crippen LogP contribution in [0, 0.1) is 0 Å². The van der Waals surface area contributed by atoms with E-state index in [-0.39, 0.29) is 0 Å². The molecule has 0 radical (unpaired) electrons. The Morgan fingerprint density at radius 1 is 0.320 bits per heavy atom. The minimum Gasteiger partial charge on any atom is -0.309 e. The molecule has 1 heterocycles. The van der Waals surface area contributed by atoms with Gasteiger partial charge in [-0.05, 0) is 104 Å². The van der Waals surface area contributed by atoms with E-state index in [1.807, 2.05) is 11.3 Å². The molecule has 0 bridgehead atoms. The maximum atomic E-state index is 2.47. The van der Waals surface area contributed by atoms with E-state index in [9.17, 15) is 0 Å². The lowest BCUT2D eigenvalue weighted by Crippen LogP contribution is -2.10. The minimum absolute atomic E-state index is 1.14. The summed E-state index contributed by atoms with van der Waals surface area (Å²) in [5, 5.41) is 9.98. The summed E-state index contributed by atoms with van der Waals surface area (Å²) in [5.74, 6) is 0. The van der Waals surface area contributed by atoms with Gasteiger partial charge in [-0.15, -0.1) is 11.3 Å². The number of fused-ring (bicyclic) bond motifs is 6. The molecule has 0 atom stereocenters. The predicted molar refractivity (Wildman–Crippen MR) is 217 cm³/mol. The van der Waals surface area contributed by atoms with Crippen molar-refractivity contribution in [2.24, 2.45) is 0 Å². The molecule has 10 aromatic rings. The zero-order valence-corrected chi connectivity index (χ0v) is 28.1. The first-order valence-electron chi connectivity index (χ1n) is 17.1. The van der Waals surface area contributed by atoms with Gasteiger partial charge in [0.25, 0.3) is 0 Å². The number of benzene rings is 9. The molecule has 0 aliphatic rings. The van der Waals surface area contributed by atoms with E-state index in [4.69, 9.17) is 0 Å². The molecule has 1 aromatic heterocycles. The van der Waals surface area contributed by atoms with Crippen molar-refractivity contribution in [3.8, 4) is 22.3 Å². The van der Waals surface area contributed by atoms with Gasteiger partial charge in [0.2, 0.25) is 0 Å². The quantitative estimate of drug-likeness (QED) is 0.179. The Morgan fingerprint density at radius 3 is 1.66 bits per heavy atom. The first-order valence-corrected chi connectivity index (χ1v) is 17.9. The Bertz CT molecular complexity index is 2880. The van der Waals surface area contributed by atoms with Crippen molar-refractivity contribution >= 4 is 80.9 Å². The van der Waals surface area contributed by atoms with Crippen LogP contribution in [0.1, 0.15) is 0 Å². The predicted octanol–water partition coefficient (Wildman–Crippen LogP) is 14.3. The van der Waals surface area contributed by atoms with Crippen molar-refractivity contribution in [3.05, 3.63) is 188 Å². The number of nitrogens with zero attached hydrogens (tertiary/aromatic N) is 1. The fourth-order valence-corrected chi connectivity index (χ4v) is 8.67. The molecule has 0 spiro atoms. The lowest BCUT2D eigenvalue weighted by Gasteiger charge is -2.28. The third-order valence-corrected chi connectivity index (χ3v) is 11.1. The number of rotatable bonds is 5. The topological polar surface area (TPSA) is 3.24 Å². The molecular formula is C48H31NS. The second kappa shape index (κ2) is 11.7. The molecule has 50 heavy (non-hydrogen) atoms. The average molecular weight is 654 g/mol. The van der Waals surface area contributed by atoms with E-state index in [0.29, 0.717) is 0 Å². The van der Waals surface area contributed by atoms with Crippen molar-refractivity contribution in [1.82, 2.24) is 0 Å². The lowest BCUT2D eigenvalue weighted by molar-refractivity contribution is 1.32. The van der Waals surface area contributed by atoms with Crippen molar-refractivity contribution in [2.45, 2.75) is 0 Å². The Kier molecular flexibility index (Phi) is 6.75. The molecule has 9 aromatic carbocycles. The molecule has 2 heteroatoms. The van der Waals surface area contributed by atoms with Crippen molar-refractivity contribution < 1.29 is 0 Å². The van der Waals surface area contributed by atoms with Crippen LogP contribution in [-0.4, -0.2) is 0 Å². The van der Waals surface area contributed by atoms with Gasteiger partial charge in [-0.3, -0.25) is 0 Å². The molecule has 0 saturated heterocycles. The number of hydrogen-bond acceptors (Lipinski definition) is 2. The second-order valence-electron chi connectivity index (χ2n) is 13.0. The largest absolute Gasteiger partial charge is 0.309 e. The smallest absolute Gasteiger partial charge is 0.0555 e. The first-order chi connectivity index (χ1) is 24.8. The van der Waals surface area contributed by atoms with Crippen LogP contribution in [0.25, 0.3) is 74.7 Å². The second-order valence-corrected chi connectivity index (χ2v) is 14.1. The monoisotopic (exact) mass is 653 g/mol. The SMILES string of the molecule is c1ccc(-c2ccc3ccc(-c4ccc5ccc(N(c6cccc7ccccc67)c6cccc7sc8ccccc8c67)cc5c4)cc3c2)cc1. The van der Waals surface area contributed by atoms with Gasteiger partial charge >= 0.3 is 0 Å². The van der Waals surface area contributed by atoms with Crippen LogP contribution < -0.4 is 4.90 Å². The molecular weight excluding hydrogens is 623 g/mol. The van der Waals surface area contributed by atoms with E-state index in [0.717, 1.165) is 5.69 Å². The number of hydrogen-bond donors (Lipinski definition) is 0. The van der Waals surface area contributed by atoms with Gasteiger partial charge in [0, 0.05) is 31.2 Å². The average Bonchev–Trinajstić information content (AvgIpc) is 3.57. The molecule has 1 nitrogen and oxygen atoms in total. The lowest BCUT2D eigenvalue weighted by atomic mass is 9.96. The summed E-state index contributed by atoms with van der Waals surface area (Å²) in [4.78, 5) is 2.47. The molecule has 0 aliphatic carbocycles. The molecule has 0 aliphatic heterocycles. The summed E-state index contributed by atoms with van der Waals surface area (Å²) in [7, 11) is 0. The van der Waals surface area contributed by atoms with Crippen molar-refractivity contribution in [3.63, 3.8) is 0 Å². The van der Waals surface area contributed by atoms with E-state index < -0.39 is 0 Å². The fourth-order valence-electron chi connectivity index (χ4n) is 7.54. The molecule has 0 amide bonds. The molecule has 10 rings (SSSR count). The highest BCUT2D eigenvalue weighted by molar-refractivity contribution is 7.26. The van der Waals surface area contributed by atoms with Crippen LogP contribution in [0.4, 0.5) is 17.1 Å².